The molecule has 4 bridgehead atoms. The highest BCUT2D eigenvalue weighted by Gasteiger charge is 2.29. The van der Waals surface area contributed by atoms with Crippen LogP contribution in [0.25, 0.3) is 0 Å². The highest BCUT2D eigenvalue weighted by molar-refractivity contribution is 7.88. The summed E-state index contributed by atoms with van der Waals surface area (Å²) in [5.41, 5.74) is 1.39. The van der Waals surface area contributed by atoms with Gasteiger partial charge < -0.3 is 19.5 Å². The normalized spacial score (nSPS) is 19.0. The molecule has 2 atom stereocenters. The zero-order valence-corrected chi connectivity index (χ0v) is 18.2. The lowest BCUT2D eigenvalue weighted by Crippen LogP contribution is -2.53. The number of benzene rings is 2. The van der Waals surface area contributed by atoms with Gasteiger partial charge in [0.05, 0.1) is 20.5 Å². The number of nitrogens with one attached hydrogen (secondary N) is 2. The number of methoxy groups -OCH3 is 2. The van der Waals surface area contributed by atoms with Crippen LogP contribution in [0.1, 0.15) is 11.1 Å². The summed E-state index contributed by atoms with van der Waals surface area (Å²) in [6.45, 7) is 0. The lowest BCUT2D eigenvalue weighted by Gasteiger charge is -2.23. The highest BCUT2D eigenvalue weighted by atomic mass is 32.2. The molecule has 0 aromatic heterocycles. The van der Waals surface area contributed by atoms with Crippen LogP contribution in [0.15, 0.2) is 42.5 Å². The van der Waals surface area contributed by atoms with Crippen LogP contribution in [0.2, 0.25) is 0 Å². The third-order valence-corrected chi connectivity index (χ3v) is 5.45. The van der Waals surface area contributed by atoms with Gasteiger partial charge in [0.15, 0.2) is 11.5 Å². The zero-order chi connectivity index (χ0) is 22.6. The number of ether oxygens (including phenoxy) is 3. The first-order valence-electron chi connectivity index (χ1n) is 9.47. The number of hydrogen-bond acceptors (Lipinski definition) is 7. The molecule has 0 fully saturated rings. The van der Waals surface area contributed by atoms with Crippen molar-refractivity contribution in [1.29, 1.82) is 0 Å². The maximum atomic E-state index is 12.9. The number of amides is 1. The van der Waals surface area contributed by atoms with Crippen molar-refractivity contribution in [2.45, 2.75) is 24.9 Å². The van der Waals surface area contributed by atoms with Gasteiger partial charge in [-0.1, -0.05) is 18.2 Å². The summed E-state index contributed by atoms with van der Waals surface area (Å²) >= 11 is 0. The smallest absolute Gasteiger partial charge is 0.328 e. The number of hydrogen-bond donors (Lipinski definition) is 2. The lowest BCUT2D eigenvalue weighted by molar-refractivity contribution is -0.145. The van der Waals surface area contributed by atoms with E-state index in [1.807, 2.05) is 0 Å². The van der Waals surface area contributed by atoms with E-state index >= 15 is 0 Å². The van der Waals surface area contributed by atoms with Gasteiger partial charge in [-0.15, -0.1) is 0 Å². The molecule has 9 nitrogen and oxygen atoms in total. The summed E-state index contributed by atoms with van der Waals surface area (Å²) in [7, 11) is -0.939. The van der Waals surface area contributed by atoms with Crippen LogP contribution < -0.4 is 19.5 Å². The van der Waals surface area contributed by atoms with E-state index < -0.39 is 34.0 Å². The molecular weight excluding hydrogens is 424 g/mol. The van der Waals surface area contributed by atoms with E-state index in [1.54, 1.807) is 42.5 Å². The Labute approximate surface area is 180 Å². The van der Waals surface area contributed by atoms with E-state index in [0.717, 1.165) is 6.26 Å². The summed E-state index contributed by atoms with van der Waals surface area (Å²) < 4.78 is 42.1. The van der Waals surface area contributed by atoms with Gasteiger partial charge in [0, 0.05) is 6.42 Å². The molecule has 0 spiro atoms. The van der Waals surface area contributed by atoms with Crippen molar-refractivity contribution in [3.8, 4) is 17.2 Å². The largest absolute Gasteiger partial charge is 0.493 e. The Kier molecular flexibility index (Phi) is 6.81. The third kappa shape index (κ3) is 5.96. The topological polar surface area (TPSA) is 120 Å². The van der Waals surface area contributed by atoms with E-state index in [0.29, 0.717) is 28.4 Å². The van der Waals surface area contributed by atoms with Gasteiger partial charge in [-0.05, 0) is 41.8 Å². The van der Waals surface area contributed by atoms with Crippen LogP contribution in [0.3, 0.4) is 0 Å². The molecule has 2 aliphatic rings. The second kappa shape index (κ2) is 9.36. The van der Waals surface area contributed by atoms with Gasteiger partial charge >= 0.3 is 5.97 Å². The first-order valence-corrected chi connectivity index (χ1v) is 11.4. The van der Waals surface area contributed by atoms with Gasteiger partial charge in [-0.3, -0.25) is 4.79 Å². The molecule has 2 aromatic carbocycles. The Bertz CT molecular complexity index is 1070. The van der Waals surface area contributed by atoms with Crippen LogP contribution in [0.4, 0.5) is 0 Å². The molecule has 4 rings (SSSR count). The fourth-order valence-electron chi connectivity index (χ4n) is 3.27. The molecule has 0 unspecified atom stereocenters. The summed E-state index contributed by atoms with van der Waals surface area (Å²) in [6, 6.07) is 9.95. The monoisotopic (exact) mass is 448 g/mol. The molecule has 166 valence electrons. The Hall–Kier alpha value is -3.11. The number of carbonyl (C=O) groups is 2. The molecule has 2 N–H and O–H groups in total. The van der Waals surface area contributed by atoms with Crippen LogP contribution in [0.5, 0.6) is 17.2 Å². The first kappa shape index (κ1) is 22.6. The average molecular weight is 448 g/mol. The fraction of sp³-hybridized carbons (Fsp3) is 0.333. The molecule has 31 heavy (non-hydrogen) atoms. The second-order valence-electron chi connectivity index (χ2n) is 7.17. The first-order chi connectivity index (χ1) is 14.7. The van der Waals surface area contributed by atoms with E-state index in [4.69, 9.17) is 14.2 Å². The van der Waals surface area contributed by atoms with Crippen LogP contribution >= 0.6 is 0 Å². The minimum Gasteiger partial charge on any atom is -0.493 e. The molecule has 1 amide bonds. The summed E-state index contributed by atoms with van der Waals surface area (Å²) in [4.78, 5) is 25.3. The van der Waals surface area contributed by atoms with Gasteiger partial charge in [-0.2, -0.15) is 0 Å². The number of rotatable bonds is 4. The maximum Gasteiger partial charge on any atom is 0.328 e. The second-order valence-corrected chi connectivity index (χ2v) is 8.95. The van der Waals surface area contributed by atoms with Crippen LogP contribution in [0, 0.1) is 0 Å². The predicted molar refractivity (Wildman–Crippen MR) is 113 cm³/mol. The Morgan fingerprint density at radius 2 is 1.77 bits per heavy atom. The van der Waals surface area contributed by atoms with Crippen molar-refractivity contribution in [3.63, 3.8) is 0 Å². The highest BCUT2D eigenvalue weighted by Crippen LogP contribution is 2.33. The number of esters is 1. The number of sulfonamides is 1. The third-order valence-electron chi connectivity index (χ3n) is 4.73. The minimum absolute atomic E-state index is 0.0850. The van der Waals surface area contributed by atoms with Gasteiger partial charge in [-0.25, -0.2) is 17.9 Å². The fourth-order valence-corrected chi connectivity index (χ4v) is 3.98. The van der Waals surface area contributed by atoms with Crippen LogP contribution in [-0.4, -0.2) is 52.9 Å². The van der Waals surface area contributed by atoms with E-state index in [2.05, 4.69) is 10.0 Å². The Balaban J connectivity index is 2.05. The lowest BCUT2D eigenvalue weighted by atomic mass is 10.0. The summed E-state index contributed by atoms with van der Waals surface area (Å²) in [5.74, 6) is 0.220. The molecule has 0 saturated heterocycles. The number of carbonyl (C=O) groups excluding carboxylic acids is 2. The average Bonchev–Trinajstić information content (AvgIpc) is 2.72. The Morgan fingerprint density at radius 1 is 1.10 bits per heavy atom. The molecule has 0 aliphatic carbocycles. The quantitative estimate of drug-likeness (QED) is 0.674. The van der Waals surface area contributed by atoms with Crippen LogP contribution in [-0.2, 0) is 37.2 Å². The van der Waals surface area contributed by atoms with E-state index in [9.17, 15) is 18.0 Å². The van der Waals surface area contributed by atoms with Gasteiger partial charge in [0.25, 0.3) is 0 Å². The minimum atomic E-state index is -3.68. The molecule has 0 saturated carbocycles. The molecule has 2 aromatic rings. The predicted octanol–water partition coefficient (Wildman–Crippen LogP) is 1.16. The maximum absolute atomic E-state index is 12.9. The van der Waals surface area contributed by atoms with Crippen molar-refractivity contribution in [2.75, 3.05) is 20.5 Å². The molecule has 0 radical (unpaired) electrons. The standard InChI is InChI=1S/C21H24N2O7S/c1-28-18-9-6-14-11-17(21(25)29-2)22-20(24)16(23-31(3,26)27)10-13-4-7-15(8-5-13)30-19(18)12-14/h4-9,12,16-17,23H,10-11H2,1-3H3,(H,22,24)/t16-,17-/m0/s1. The molecule has 2 heterocycles. The Morgan fingerprint density at radius 3 is 2.39 bits per heavy atom. The molecular formula is C21H24N2O7S. The van der Waals surface area contributed by atoms with Crippen molar-refractivity contribution in [1.82, 2.24) is 10.0 Å². The van der Waals surface area contributed by atoms with Crippen molar-refractivity contribution in [3.05, 3.63) is 53.6 Å². The van der Waals surface area contributed by atoms with E-state index in [-0.39, 0.29) is 12.8 Å². The van der Waals surface area contributed by atoms with Crippen molar-refractivity contribution in [2.24, 2.45) is 0 Å². The van der Waals surface area contributed by atoms with Crippen molar-refractivity contribution < 1.29 is 32.2 Å². The van der Waals surface area contributed by atoms with Gasteiger partial charge in [0.2, 0.25) is 15.9 Å². The molecule has 10 heteroatoms. The van der Waals surface area contributed by atoms with E-state index in [1.165, 1.54) is 14.2 Å². The summed E-state index contributed by atoms with van der Waals surface area (Å²) in [6.07, 6.45) is 1.17. The summed E-state index contributed by atoms with van der Waals surface area (Å²) in [5, 5.41) is 2.61. The number of fused-ring (bicyclic) bond motifs is 7. The van der Waals surface area contributed by atoms with Gasteiger partial charge in [0.1, 0.15) is 17.8 Å². The zero-order valence-electron chi connectivity index (χ0n) is 17.4. The molecule has 2 aliphatic heterocycles. The SMILES string of the molecule is COC(=O)[C@@H]1Cc2ccc(OC)c(c2)Oc2ccc(cc2)C[C@H](NS(C)(=O)=O)C(=O)N1. The van der Waals surface area contributed by atoms with Crippen molar-refractivity contribution >= 4 is 21.9 Å².